The maximum absolute atomic E-state index is 5.25. The number of aromatic nitrogens is 2. The highest BCUT2D eigenvalue weighted by Gasteiger charge is 2.16. The molecule has 196 valence electrons. The molecule has 0 aliphatic heterocycles. The highest BCUT2D eigenvalue weighted by molar-refractivity contribution is 7.26. The lowest BCUT2D eigenvalue weighted by Crippen LogP contribution is -1.90. The molecular weight excluding hydrogens is 549 g/mol. The molecule has 0 amide bonds. The standard InChI is InChI=1S/C38H22N2S2/c1-3-15-31-29(14-1)35-30(20-19-28-27-13-2-5-17-33(27)41-37(28)35)36(39-31)25-11-7-9-23(21-25)24-10-8-12-26(22-24)38-40-32-16-4-6-18-34(32)42-38/h1-22H. The van der Waals surface area contributed by atoms with Gasteiger partial charge in [0.1, 0.15) is 5.01 Å². The van der Waals surface area contributed by atoms with Crippen molar-refractivity contribution in [1.29, 1.82) is 0 Å². The molecule has 0 N–H and O–H groups in total. The molecule has 0 aliphatic rings. The second-order valence-corrected chi connectivity index (χ2v) is 12.7. The van der Waals surface area contributed by atoms with Crippen LogP contribution in [0.5, 0.6) is 0 Å². The van der Waals surface area contributed by atoms with Gasteiger partial charge in [-0.2, -0.15) is 0 Å². The van der Waals surface area contributed by atoms with E-state index in [9.17, 15) is 0 Å². The second kappa shape index (κ2) is 9.31. The number of hydrogen-bond donors (Lipinski definition) is 0. The van der Waals surface area contributed by atoms with Gasteiger partial charge in [0.2, 0.25) is 0 Å². The van der Waals surface area contributed by atoms with Crippen molar-refractivity contribution in [1.82, 2.24) is 9.97 Å². The van der Waals surface area contributed by atoms with Gasteiger partial charge in [0.15, 0.2) is 0 Å². The average molecular weight is 571 g/mol. The monoisotopic (exact) mass is 570 g/mol. The van der Waals surface area contributed by atoms with E-state index in [2.05, 4.69) is 127 Å². The fourth-order valence-corrected chi connectivity index (χ4v) is 8.34. The molecule has 0 unspecified atom stereocenters. The molecule has 0 fully saturated rings. The van der Waals surface area contributed by atoms with Crippen LogP contribution in [0.15, 0.2) is 133 Å². The van der Waals surface area contributed by atoms with Crippen LogP contribution in [0.3, 0.4) is 0 Å². The quantitative estimate of drug-likeness (QED) is 0.197. The van der Waals surface area contributed by atoms with Crippen molar-refractivity contribution in [2.24, 2.45) is 0 Å². The van der Waals surface area contributed by atoms with Crippen LogP contribution in [0, 0.1) is 0 Å². The Hall–Kier alpha value is -4.90. The Labute approximate surface area is 250 Å². The zero-order chi connectivity index (χ0) is 27.6. The lowest BCUT2D eigenvalue weighted by atomic mass is 9.95. The first kappa shape index (κ1) is 23.8. The van der Waals surface area contributed by atoms with Crippen molar-refractivity contribution in [2.45, 2.75) is 0 Å². The average Bonchev–Trinajstić information content (AvgIpc) is 3.66. The van der Waals surface area contributed by atoms with Crippen molar-refractivity contribution in [3.05, 3.63) is 133 Å². The van der Waals surface area contributed by atoms with E-state index in [4.69, 9.17) is 9.97 Å². The lowest BCUT2D eigenvalue weighted by Gasteiger charge is -2.12. The van der Waals surface area contributed by atoms with Gasteiger partial charge in [-0.05, 0) is 47.5 Å². The van der Waals surface area contributed by atoms with Gasteiger partial charge in [-0.25, -0.2) is 9.97 Å². The first-order valence-electron chi connectivity index (χ1n) is 14.0. The van der Waals surface area contributed by atoms with E-state index in [0.29, 0.717) is 0 Å². The van der Waals surface area contributed by atoms with Gasteiger partial charge < -0.3 is 0 Å². The third-order valence-electron chi connectivity index (χ3n) is 8.08. The van der Waals surface area contributed by atoms with Gasteiger partial charge in [-0.1, -0.05) is 97.1 Å². The summed E-state index contributed by atoms with van der Waals surface area (Å²) in [6.45, 7) is 0. The highest BCUT2D eigenvalue weighted by Crippen LogP contribution is 2.43. The Morgan fingerprint density at radius 3 is 1.88 bits per heavy atom. The van der Waals surface area contributed by atoms with Crippen molar-refractivity contribution in [3.8, 4) is 33.0 Å². The van der Waals surface area contributed by atoms with Gasteiger partial charge >= 0.3 is 0 Å². The molecular formula is C38H22N2S2. The SMILES string of the molecule is c1cc(-c2cccc(-c3nc4ccccc4c4c3ccc3c5ccccc5sc34)c2)cc(-c2nc3ccccc3s2)c1. The van der Waals surface area contributed by atoms with Crippen LogP contribution in [0.25, 0.3) is 85.0 Å². The minimum absolute atomic E-state index is 1.02. The zero-order valence-electron chi connectivity index (χ0n) is 22.4. The summed E-state index contributed by atoms with van der Waals surface area (Å²) in [5.41, 5.74) is 7.69. The Kier molecular flexibility index (Phi) is 5.27. The Bertz CT molecular complexity index is 2450. The van der Waals surface area contributed by atoms with Crippen LogP contribution in [-0.4, -0.2) is 9.97 Å². The second-order valence-electron chi connectivity index (χ2n) is 10.6. The number of pyridine rings is 1. The number of rotatable bonds is 3. The number of para-hydroxylation sites is 2. The minimum atomic E-state index is 1.02. The Morgan fingerprint density at radius 1 is 0.405 bits per heavy atom. The van der Waals surface area contributed by atoms with Gasteiger partial charge in [-0.3, -0.25) is 0 Å². The van der Waals surface area contributed by atoms with E-state index in [0.717, 1.165) is 32.9 Å². The summed E-state index contributed by atoms with van der Waals surface area (Å²) in [4.78, 5) is 10.2. The first-order chi connectivity index (χ1) is 20.8. The van der Waals surface area contributed by atoms with Crippen LogP contribution >= 0.6 is 22.7 Å². The van der Waals surface area contributed by atoms with Gasteiger partial charge in [0.05, 0.1) is 21.4 Å². The molecule has 2 nitrogen and oxygen atoms in total. The van der Waals surface area contributed by atoms with E-state index in [1.807, 2.05) is 17.4 Å². The van der Waals surface area contributed by atoms with Crippen molar-refractivity contribution >= 4 is 74.7 Å². The third-order valence-corrected chi connectivity index (χ3v) is 10.4. The van der Waals surface area contributed by atoms with Crippen LogP contribution in [-0.2, 0) is 0 Å². The largest absolute Gasteiger partial charge is 0.247 e. The Morgan fingerprint density at radius 2 is 1.05 bits per heavy atom. The van der Waals surface area contributed by atoms with Crippen LogP contribution in [0.2, 0.25) is 0 Å². The maximum Gasteiger partial charge on any atom is 0.124 e. The maximum atomic E-state index is 5.25. The number of thiazole rings is 1. The number of hydrogen-bond acceptors (Lipinski definition) is 4. The summed E-state index contributed by atoms with van der Waals surface area (Å²) in [6, 6.07) is 47.7. The molecule has 3 aromatic heterocycles. The predicted octanol–water partition coefficient (Wildman–Crippen LogP) is 11.4. The van der Waals surface area contributed by atoms with E-state index in [1.54, 1.807) is 11.3 Å². The molecule has 0 spiro atoms. The molecule has 0 bridgehead atoms. The smallest absolute Gasteiger partial charge is 0.124 e. The van der Waals surface area contributed by atoms with Crippen molar-refractivity contribution in [2.75, 3.05) is 0 Å². The van der Waals surface area contributed by atoms with Gasteiger partial charge in [-0.15, -0.1) is 22.7 Å². The number of benzene rings is 6. The molecule has 42 heavy (non-hydrogen) atoms. The predicted molar refractivity (Wildman–Crippen MR) is 182 cm³/mol. The summed E-state index contributed by atoms with van der Waals surface area (Å²) in [5.74, 6) is 0. The lowest BCUT2D eigenvalue weighted by molar-refractivity contribution is 1.43. The van der Waals surface area contributed by atoms with Crippen molar-refractivity contribution in [3.63, 3.8) is 0 Å². The summed E-state index contributed by atoms with van der Waals surface area (Å²) in [7, 11) is 0. The molecule has 6 aromatic carbocycles. The fourth-order valence-electron chi connectivity index (χ4n) is 6.11. The Balaban J connectivity index is 1.24. The summed E-state index contributed by atoms with van der Waals surface area (Å²) < 4.78 is 3.85. The topological polar surface area (TPSA) is 25.8 Å². The third kappa shape index (κ3) is 3.69. The van der Waals surface area contributed by atoms with E-state index < -0.39 is 0 Å². The molecule has 0 atom stereocenters. The molecule has 0 saturated heterocycles. The molecule has 9 rings (SSSR count). The van der Waals surface area contributed by atoms with Gasteiger partial charge in [0, 0.05) is 47.5 Å². The van der Waals surface area contributed by atoms with Crippen LogP contribution < -0.4 is 0 Å². The molecule has 0 aliphatic carbocycles. The van der Waals surface area contributed by atoms with Crippen LogP contribution in [0.4, 0.5) is 0 Å². The first-order valence-corrected chi connectivity index (χ1v) is 15.6. The molecule has 9 aromatic rings. The summed E-state index contributed by atoms with van der Waals surface area (Å²) >= 11 is 3.62. The zero-order valence-corrected chi connectivity index (χ0v) is 24.0. The summed E-state index contributed by atoms with van der Waals surface area (Å²) in [6.07, 6.45) is 0. The molecule has 0 saturated carbocycles. The van der Waals surface area contributed by atoms with Crippen molar-refractivity contribution < 1.29 is 0 Å². The van der Waals surface area contributed by atoms with E-state index in [1.165, 1.54) is 52.2 Å². The van der Waals surface area contributed by atoms with Crippen LogP contribution in [0.1, 0.15) is 0 Å². The van der Waals surface area contributed by atoms with E-state index in [-0.39, 0.29) is 0 Å². The minimum Gasteiger partial charge on any atom is -0.247 e. The normalized spacial score (nSPS) is 11.8. The van der Waals surface area contributed by atoms with E-state index >= 15 is 0 Å². The van der Waals surface area contributed by atoms with Gasteiger partial charge in [0.25, 0.3) is 0 Å². The highest BCUT2D eigenvalue weighted by atomic mass is 32.1. The number of nitrogens with zero attached hydrogens (tertiary/aromatic N) is 2. The molecule has 0 radical (unpaired) electrons. The molecule has 3 heterocycles. The number of thiophene rings is 1. The summed E-state index contributed by atoms with van der Waals surface area (Å²) in [5, 5.41) is 7.35. The molecule has 4 heteroatoms. The fraction of sp³-hybridized carbons (Fsp3) is 0. The number of fused-ring (bicyclic) bond motifs is 8.